The zero-order valence-corrected chi connectivity index (χ0v) is 17.3. The number of amides is 1. The number of carbonyl (C=O) groups is 1. The predicted octanol–water partition coefficient (Wildman–Crippen LogP) is 4.68. The molecule has 0 saturated carbocycles. The van der Waals surface area contributed by atoms with E-state index in [9.17, 15) is 9.59 Å². The van der Waals surface area contributed by atoms with E-state index < -0.39 is 5.91 Å². The molecule has 29 heavy (non-hydrogen) atoms. The molecule has 0 aliphatic rings. The molecule has 4 rings (SSSR count). The summed E-state index contributed by atoms with van der Waals surface area (Å²) in [6, 6.07) is 15.3. The summed E-state index contributed by atoms with van der Waals surface area (Å²) in [7, 11) is 0. The molecule has 146 valence electrons. The number of nitrogens with one attached hydrogen (secondary N) is 1. The van der Waals surface area contributed by atoms with Crippen molar-refractivity contribution in [1.29, 1.82) is 0 Å². The fraction of sp³-hybridized carbons (Fsp3) is 0.174. The highest BCUT2D eigenvalue weighted by molar-refractivity contribution is 7.22. The van der Waals surface area contributed by atoms with E-state index in [1.807, 2.05) is 51.1 Å². The SMILES string of the molecule is Cc1ccc(C)c(Cn2cccc(C(=O)Nc3nc4c(C)cccc4s3)c2=O)c1. The number of hydrogen-bond donors (Lipinski definition) is 1. The Balaban J connectivity index is 1.62. The average molecular weight is 404 g/mol. The summed E-state index contributed by atoms with van der Waals surface area (Å²) in [5, 5.41) is 3.27. The number of pyridine rings is 1. The highest BCUT2D eigenvalue weighted by Crippen LogP contribution is 2.28. The van der Waals surface area contributed by atoms with Crippen LogP contribution in [0, 0.1) is 20.8 Å². The van der Waals surface area contributed by atoms with Gasteiger partial charge in [0.1, 0.15) is 5.56 Å². The van der Waals surface area contributed by atoms with Crippen LogP contribution in [0.15, 0.2) is 59.5 Å². The number of benzene rings is 2. The van der Waals surface area contributed by atoms with E-state index in [-0.39, 0.29) is 11.1 Å². The Labute approximate surface area is 172 Å². The molecule has 0 spiro atoms. The zero-order chi connectivity index (χ0) is 20.5. The van der Waals surface area contributed by atoms with E-state index in [1.54, 1.807) is 22.9 Å². The van der Waals surface area contributed by atoms with Crippen molar-refractivity contribution in [3.63, 3.8) is 0 Å². The van der Waals surface area contributed by atoms with E-state index in [1.165, 1.54) is 11.3 Å². The lowest BCUT2D eigenvalue weighted by molar-refractivity contribution is 0.102. The number of nitrogens with zero attached hydrogens (tertiary/aromatic N) is 2. The molecule has 2 heterocycles. The molecule has 0 radical (unpaired) electrons. The van der Waals surface area contributed by atoms with Gasteiger partial charge in [-0.15, -0.1) is 0 Å². The third-order valence-corrected chi connectivity index (χ3v) is 5.89. The van der Waals surface area contributed by atoms with E-state index in [2.05, 4.69) is 16.4 Å². The molecule has 4 aromatic rings. The number of aryl methyl sites for hydroxylation is 3. The van der Waals surface area contributed by atoms with Crippen LogP contribution < -0.4 is 10.9 Å². The number of anilines is 1. The van der Waals surface area contributed by atoms with E-state index >= 15 is 0 Å². The lowest BCUT2D eigenvalue weighted by atomic mass is 10.1. The van der Waals surface area contributed by atoms with Gasteiger partial charge in [0.25, 0.3) is 11.5 Å². The summed E-state index contributed by atoms with van der Waals surface area (Å²) >= 11 is 1.40. The Morgan fingerprint density at radius 3 is 2.69 bits per heavy atom. The first-order chi connectivity index (χ1) is 13.9. The van der Waals surface area contributed by atoms with Gasteiger partial charge in [-0.25, -0.2) is 4.98 Å². The van der Waals surface area contributed by atoms with Gasteiger partial charge in [-0.2, -0.15) is 0 Å². The van der Waals surface area contributed by atoms with Crippen LogP contribution in [0.25, 0.3) is 10.2 Å². The second-order valence-electron chi connectivity index (χ2n) is 7.18. The minimum absolute atomic E-state index is 0.105. The Morgan fingerprint density at radius 1 is 1.07 bits per heavy atom. The molecular formula is C23H21N3O2S. The second kappa shape index (κ2) is 7.64. The van der Waals surface area contributed by atoms with E-state index in [4.69, 9.17) is 0 Å². The number of thiazole rings is 1. The van der Waals surface area contributed by atoms with Gasteiger partial charge in [0.05, 0.1) is 16.8 Å². The highest BCUT2D eigenvalue weighted by atomic mass is 32.1. The maximum absolute atomic E-state index is 12.9. The monoisotopic (exact) mass is 403 g/mol. The van der Waals surface area contributed by atoms with E-state index in [0.29, 0.717) is 11.7 Å². The van der Waals surface area contributed by atoms with Crippen LogP contribution in [0.1, 0.15) is 32.6 Å². The lowest BCUT2D eigenvalue weighted by Crippen LogP contribution is -2.29. The number of fused-ring (bicyclic) bond motifs is 1. The molecule has 0 saturated heterocycles. The van der Waals surface area contributed by atoms with Gasteiger partial charge in [0.15, 0.2) is 5.13 Å². The Hall–Kier alpha value is -3.25. The van der Waals surface area contributed by atoms with Crippen LogP contribution in [0.5, 0.6) is 0 Å². The summed E-state index contributed by atoms with van der Waals surface area (Å²) < 4.78 is 2.57. The lowest BCUT2D eigenvalue weighted by Gasteiger charge is -2.11. The normalized spacial score (nSPS) is 11.0. The molecule has 2 aromatic heterocycles. The Morgan fingerprint density at radius 2 is 1.90 bits per heavy atom. The van der Waals surface area contributed by atoms with Crippen LogP contribution in [0.2, 0.25) is 0 Å². The van der Waals surface area contributed by atoms with Gasteiger partial charge in [0.2, 0.25) is 0 Å². The maximum atomic E-state index is 12.9. The molecule has 6 heteroatoms. The largest absolute Gasteiger partial charge is 0.310 e. The quantitative estimate of drug-likeness (QED) is 0.538. The van der Waals surface area contributed by atoms with Gasteiger partial charge in [-0.3, -0.25) is 14.9 Å². The standard InChI is InChI=1S/C23H21N3O2S/c1-14-9-10-15(2)17(12-14)13-26-11-5-7-18(22(26)28)21(27)25-23-24-20-16(3)6-4-8-19(20)29-23/h4-12H,13H2,1-3H3,(H,24,25,27). The first kappa shape index (κ1) is 19.1. The Bertz CT molecular complexity index is 1290. The third kappa shape index (κ3) is 3.84. The van der Waals surface area contributed by atoms with Crippen molar-refractivity contribution in [2.24, 2.45) is 0 Å². The number of carbonyl (C=O) groups excluding carboxylic acids is 1. The molecule has 0 fully saturated rings. The van der Waals surface area contributed by atoms with Crippen molar-refractivity contribution in [3.05, 3.63) is 92.9 Å². The zero-order valence-electron chi connectivity index (χ0n) is 16.5. The summed E-state index contributed by atoms with van der Waals surface area (Å²) in [6.07, 6.45) is 1.71. The molecule has 0 aliphatic heterocycles. The van der Waals surface area contributed by atoms with Crippen LogP contribution in [-0.2, 0) is 6.54 Å². The van der Waals surface area contributed by atoms with Gasteiger partial charge < -0.3 is 4.57 Å². The molecule has 1 N–H and O–H groups in total. The van der Waals surface area contributed by atoms with Crippen molar-refractivity contribution in [3.8, 4) is 0 Å². The number of rotatable bonds is 4. The minimum Gasteiger partial charge on any atom is -0.310 e. The molecule has 0 aliphatic carbocycles. The highest BCUT2D eigenvalue weighted by Gasteiger charge is 2.15. The second-order valence-corrected chi connectivity index (χ2v) is 8.21. The van der Waals surface area contributed by atoms with Gasteiger partial charge in [-0.05, 0) is 55.7 Å². The summed E-state index contributed by atoms with van der Waals surface area (Å²) in [4.78, 5) is 30.2. The Kier molecular flexibility index (Phi) is 5.03. The number of hydrogen-bond acceptors (Lipinski definition) is 4. The summed E-state index contributed by atoms with van der Waals surface area (Å²) in [5.41, 5.74) is 5.02. The number of aromatic nitrogens is 2. The molecule has 0 unspecified atom stereocenters. The molecule has 0 atom stereocenters. The number of para-hydroxylation sites is 1. The van der Waals surface area contributed by atoms with Crippen LogP contribution in [0.3, 0.4) is 0 Å². The maximum Gasteiger partial charge on any atom is 0.263 e. The van der Waals surface area contributed by atoms with Crippen molar-refractivity contribution in [2.45, 2.75) is 27.3 Å². The topological polar surface area (TPSA) is 64.0 Å². The molecular weight excluding hydrogens is 382 g/mol. The molecule has 2 aromatic carbocycles. The minimum atomic E-state index is -0.443. The van der Waals surface area contributed by atoms with Crippen LogP contribution in [-0.4, -0.2) is 15.5 Å². The van der Waals surface area contributed by atoms with Crippen molar-refractivity contribution in [2.75, 3.05) is 5.32 Å². The van der Waals surface area contributed by atoms with Crippen LogP contribution in [0.4, 0.5) is 5.13 Å². The summed E-state index contributed by atoms with van der Waals surface area (Å²) in [5.74, 6) is -0.443. The third-order valence-electron chi connectivity index (χ3n) is 4.95. The van der Waals surface area contributed by atoms with E-state index in [0.717, 1.165) is 32.5 Å². The van der Waals surface area contributed by atoms with Gasteiger partial charge in [0, 0.05) is 6.20 Å². The first-order valence-electron chi connectivity index (χ1n) is 9.35. The van der Waals surface area contributed by atoms with Crippen molar-refractivity contribution in [1.82, 2.24) is 9.55 Å². The summed E-state index contributed by atoms with van der Waals surface area (Å²) in [6.45, 7) is 6.45. The molecule has 0 bridgehead atoms. The van der Waals surface area contributed by atoms with Gasteiger partial charge >= 0.3 is 0 Å². The smallest absolute Gasteiger partial charge is 0.263 e. The average Bonchev–Trinajstić information content (AvgIpc) is 3.10. The van der Waals surface area contributed by atoms with Crippen molar-refractivity contribution < 1.29 is 4.79 Å². The van der Waals surface area contributed by atoms with Gasteiger partial charge in [-0.1, -0.05) is 47.2 Å². The fourth-order valence-corrected chi connectivity index (χ4v) is 4.23. The predicted molar refractivity (Wildman–Crippen MR) is 118 cm³/mol. The molecule has 5 nitrogen and oxygen atoms in total. The molecule has 1 amide bonds. The van der Waals surface area contributed by atoms with Crippen molar-refractivity contribution >= 4 is 32.6 Å². The van der Waals surface area contributed by atoms with Crippen LogP contribution >= 0.6 is 11.3 Å². The first-order valence-corrected chi connectivity index (χ1v) is 10.2. The fourth-order valence-electron chi connectivity index (χ4n) is 3.29.